The zero-order valence-corrected chi connectivity index (χ0v) is 18.9. The van der Waals surface area contributed by atoms with E-state index in [0.29, 0.717) is 25.3 Å². The van der Waals surface area contributed by atoms with Gasteiger partial charge in [-0.15, -0.1) is 24.0 Å². The maximum Gasteiger partial charge on any atom is 0.231 e. The highest BCUT2D eigenvalue weighted by Gasteiger charge is 2.20. The van der Waals surface area contributed by atoms with E-state index in [1.807, 2.05) is 18.2 Å². The maximum atomic E-state index is 5.43. The second-order valence-corrected chi connectivity index (χ2v) is 6.60. The van der Waals surface area contributed by atoms with Crippen LogP contribution in [0.15, 0.2) is 23.2 Å². The third-order valence-corrected chi connectivity index (χ3v) is 4.86. The Morgan fingerprint density at radius 2 is 1.85 bits per heavy atom. The van der Waals surface area contributed by atoms with Crippen molar-refractivity contribution in [1.29, 1.82) is 0 Å². The molecule has 0 saturated heterocycles. The minimum Gasteiger partial charge on any atom is -0.454 e. The van der Waals surface area contributed by atoms with Crippen LogP contribution in [0.2, 0.25) is 0 Å². The molecule has 2 N–H and O–H groups in total. The topological polar surface area (TPSA) is 58.1 Å². The van der Waals surface area contributed by atoms with Gasteiger partial charge >= 0.3 is 0 Å². The van der Waals surface area contributed by atoms with Crippen molar-refractivity contribution < 1.29 is 9.47 Å². The molecule has 1 heterocycles. The zero-order valence-electron chi connectivity index (χ0n) is 16.5. The lowest BCUT2D eigenvalue weighted by molar-refractivity contribution is 0.174. The summed E-state index contributed by atoms with van der Waals surface area (Å²) >= 11 is 0. The Labute approximate surface area is 174 Å². The number of hydrogen-bond donors (Lipinski definition) is 2. The molecule has 0 saturated carbocycles. The summed E-state index contributed by atoms with van der Waals surface area (Å²) in [6, 6.07) is 6.49. The Morgan fingerprint density at radius 1 is 1.15 bits per heavy atom. The standard InChI is InChI=1S/C19H32N4O2.HI/c1-6-15(7-2)16(23(4)5)12-22-19(20-3)21-11-14-8-9-17-18(10-14)25-13-24-17;/h8-10,15-16H,6-7,11-13H2,1-5H3,(H2,20,21,22);1H. The van der Waals surface area contributed by atoms with E-state index in [-0.39, 0.29) is 24.0 Å². The number of rotatable bonds is 8. The molecular weight excluding hydrogens is 443 g/mol. The van der Waals surface area contributed by atoms with Gasteiger partial charge in [-0.1, -0.05) is 32.8 Å². The molecule has 0 aromatic heterocycles. The highest BCUT2D eigenvalue weighted by atomic mass is 127. The van der Waals surface area contributed by atoms with Gasteiger partial charge in [0.25, 0.3) is 0 Å². The number of benzene rings is 1. The first-order valence-electron chi connectivity index (χ1n) is 9.08. The molecule has 1 aliphatic heterocycles. The lowest BCUT2D eigenvalue weighted by Gasteiger charge is -2.32. The lowest BCUT2D eigenvalue weighted by atomic mass is 9.93. The molecular formula is C19H33IN4O2. The molecule has 7 heteroatoms. The quantitative estimate of drug-likeness (QED) is 0.343. The number of likely N-dealkylation sites (N-methyl/N-ethyl adjacent to an activating group) is 1. The van der Waals surface area contributed by atoms with E-state index >= 15 is 0 Å². The largest absolute Gasteiger partial charge is 0.454 e. The Hall–Kier alpha value is -1.22. The second kappa shape index (κ2) is 11.5. The van der Waals surface area contributed by atoms with Gasteiger partial charge in [-0.3, -0.25) is 4.99 Å². The van der Waals surface area contributed by atoms with Gasteiger partial charge in [0, 0.05) is 26.2 Å². The predicted molar refractivity (Wildman–Crippen MR) is 118 cm³/mol. The van der Waals surface area contributed by atoms with Crippen molar-refractivity contribution in [1.82, 2.24) is 15.5 Å². The van der Waals surface area contributed by atoms with E-state index in [9.17, 15) is 0 Å². The number of fused-ring (bicyclic) bond motifs is 1. The van der Waals surface area contributed by atoms with E-state index in [0.717, 1.165) is 29.6 Å². The number of halogens is 1. The van der Waals surface area contributed by atoms with Crippen LogP contribution in [0.5, 0.6) is 11.5 Å². The highest BCUT2D eigenvalue weighted by Crippen LogP contribution is 2.32. The van der Waals surface area contributed by atoms with Gasteiger partial charge in [0.1, 0.15) is 0 Å². The summed E-state index contributed by atoms with van der Waals surface area (Å²) in [6.45, 7) is 6.39. The van der Waals surface area contributed by atoms with Gasteiger partial charge in [-0.05, 0) is 37.7 Å². The summed E-state index contributed by atoms with van der Waals surface area (Å²) in [7, 11) is 6.09. The van der Waals surface area contributed by atoms with Gasteiger partial charge in [0.05, 0.1) is 0 Å². The third kappa shape index (κ3) is 6.19. The van der Waals surface area contributed by atoms with E-state index in [2.05, 4.69) is 48.5 Å². The first kappa shape index (κ1) is 22.8. The number of ether oxygens (including phenoxy) is 2. The molecule has 1 aliphatic rings. The van der Waals surface area contributed by atoms with Gasteiger partial charge in [0.2, 0.25) is 6.79 Å². The van der Waals surface area contributed by atoms with Crippen LogP contribution in [0.25, 0.3) is 0 Å². The molecule has 26 heavy (non-hydrogen) atoms. The van der Waals surface area contributed by atoms with E-state index in [1.165, 1.54) is 12.8 Å². The van der Waals surface area contributed by atoms with Crippen LogP contribution in [-0.4, -0.2) is 51.4 Å². The SMILES string of the molecule is CCC(CC)C(CNC(=NC)NCc1ccc2c(c1)OCO2)N(C)C.I. The van der Waals surface area contributed by atoms with Crippen molar-refractivity contribution in [2.45, 2.75) is 39.3 Å². The molecule has 0 radical (unpaired) electrons. The molecule has 1 aromatic carbocycles. The smallest absolute Gasteiger partial charge is 0.231 e. The lowest BCUT2D eigenvalue weighted by Crippen LogP contribution is -2.47. The molecule has 148 valence electrons. The van der Waals surface area contributed by atoms with Crippen molar-refractivity contribution in [3.8, 4) is 11.5 Å². The predicted octanol–water partition coefficient (Wildman–Crippen LogP) is 3.06. The summed E-state index contributed by atoms with van der Waals surface area (Å²) in [5, 5.41) is 6.83. The van der Waals surface area contributed by atoms with Gasteiger partial charge < -0.3 is 25.0 Å². The molecule has 1 unspecified atom stereocenters. The van der Waals surface area contributed by atoms with E-state index in [1.54, 1.807) is 7.05 Å². The number of guanidine groups is 1. The molecule has 1 atom stereocenters. The van der Waals surface area contributed by atoms with Gasteiger partial charge in [0.15, 0.2) is 17.5 Å². The van der Waals surface area contributed by atoms with Crippen molar-refractivity contribution in [3.05, 3.63) is 23.8 Å². The summed E-state index contributed by atoms with van der Waals surface area (Å²) in [5.74, 6) is 3.11. The van der Waals surface area contributed by atoms with Crippen molar-refractivity contribution in [2.75, 3.05) is 34.5 Å². The molecule has 2 rings (SSSR count). The molecule has 0 amide bonds. The molecule has 0 bridgehead atoms. The maximum absolute atomic E-state index is 5.43. The average Bonchev–Trinajstić information content (AvgIpc) is 3.08. The highest BCUT2D eigenvalue weighted by molar-refractivity contribution is 14.0. The molecule has 0 fully saturated rings. The Kier molecular flexibility index (Phi) is 10.1. The first-order valence-corrected chi connectivity index (χ1v) is 9.08. The third-order valence-electron chi connectivity index (χ3n) is 4.86. The fraction of sp³-hybridized carbons (Fsp3) is 0.632. The number of nitrogens with one attached hydrogen (secondary N) is 2. The zero-order chi connectivity index (χ0) is 18.2. The van der Waals surface area contributed by atoms with E-state index in [4.69, 9.17) is 9.47 Å². The molecule has 0 spiro atoms. The van der Waals surface area contributed by atoms with Crippen LogP contribution >= 0.6 is 24.0 Å². The summed E-state index contributed by atoms with van der Waals surface area (Å²) < 4.78 is 10.8. The summed E-state index contributed by atoms with van der Waals surface area (Å²) in [4.78, 5) is 6.64. The Balaban J connectivity index is 0.00000338. The Bertz CT molecular complexity index is 577. The van der Waals surface area contributed by atoms with Crippen LogP contribution in [0, 0.1) is 5.92 Å². The minimum absolute atomic E-state index is 0. The summed E-state index contributed by atoms with van der Waals surface area (Å²) in [6.07, 6.45) is 2.37. The van der Waals surface area contributed by atoms with Crippen LogP contribution in [0.4, 0.5) is 0 Å². The minimum atomic E-state index is 0. The van der Waals surface area contributed by atoms with E-state index < -0.39 is 0 Å². The van der Waals surface area contributed by atoms with Gasteiger partial charge in [-0.25, -0.2) is 0 Å². The molecule has 0 aliphatic carbocycles. The van der Waals surface area contributed by atoms with Crippen LogP contribution in [0.1, 0.15) is 32.3 Å². The Morgan fingerprint density at radius 3 is 2.46 bits per heavy atom. The van der Waals surface area contributed by atoms with Gasteiger partial charge in [-0.2, -0.15) is 0 Å². The van der Waals surface area contributed by atoms with Crippen molar-refractivity contribution in [2.24, 2.45) is 10.9 Å². The molecule has 6 nitrogen and oxygen atoms in total. The van der Waals surface area contributed by atoms with Crippen LogP contribution in [0.3, 0.4) is 0 Å². The average molecular weight is 476 g/mol. The summed E-state index contributed by atoms with van der Waals surface area (Å²) in [5.41, 5.74) is 1.14. The second-order valence-electron chi connectivity index (χ2n) is 6.60. The molecule has 1 aromatic rings. The monoisotopic (exact) mass is 476 g/mol. The fourth-order valence-electron chi connectivity index (χ4n) is 3.26. The first-order chi connectivity index (χ1) is 12.1. The fourth-order valence-corrected chi connectivity index (χ4v) is 3.26. The number of aliphatic imine (C=N–C) groups is 1. The van der Waals surface area contributed by atoms with Crippen molar-refractivity contribution >= 4 is 29.9 Å². The van der Waals surface area contributed by atoms with Crippen LogP contribution in [-0.2, 0) is 6.54 Å². The normalized spacial score (nSPS) is 14.3. The van der Waals surface area contributed by atoms with Crippen molar-refractivity contribution in [3.63, 3.8) is 0 Å². The number of nitrogens with zero attached hydrogens (tertiary/aromatic N) is 2. The number of hydrogen-bond acceptors (Lipinski definition) is 4. The van der Waals surface area contributed by atoms with Crippen LogP contribution < -0.4 is 20.1 Å².